The zero-order chi connectivity index (χ0) is 19.1. The maximum absolute atomic E-state index is 12.2. The quantitative estimate of drug-likeness (QED) is 0.699. The van der Waals surface area contributed by atoms with E-state index < -0.39 is 0 Å². The lowest BCUT2D eigenvalue weighted by molar-refractivity contribution is 0.195. The third-order valence-electron chi connectivity index (χ3n) is 4.06. The molecule has 2 aromatic heterocycles. The van der Waals surface area contributed by atoms with Crippen molar-refractivity contribution >= 4 is 6.03 Å². The van der Waals surface area contributed by atoms with E-state index in [0.29, 0.717) is 25.5 Å². The molecule has 0 saturated heterocycles. The molecule has 0 unspecified atom stereocenters. The molecule has 0 spiro atoms. The summed E-state index contributed by atoms with van der Waals surface area (Å²) >= 11 is 0. The van der Waals surface area contributed by atoms with Crippen molar-refractivity contribution in [3.63, 3.8) is 0 Å². The number of carbonyl (C=O) groups excluding carboxylic acids is 1. The van der Waals surface area contributed by atoms with Crippen molar-refractivity contribution in [2.24, 2.45) is 0 Å². The van der Waals surface area contributed by atoms with E-state index in [1.807, 2.05) is 55.6 Å². The van der Waals surface area contributed by atoms with E-state index in [9.17, 15) is 4.79 Å². The molecule has 0 aliphatic heterocycles. The van der Waals surface area contributed by atoms with Gasteiger partial charge >= 0.3 is 6.03 Å². The number of benzene rings is 1. The molecule has 0 saturated carbocycles. The van der Waals surface area contributed by atoms with Gasteiger partial charge in [0.1, 0.15) is 12.4 Å². The molecule has 2 amide bonds. The second kappa shape index (κ2) is 8.84. The number of urea groups is 1. The predicted molar refractivity (Wildman–Crippen MR) is 103 cm³/mol. The molecular weight excluding hydrogens is 342 g/mol. The number of pyridine rings is 1. The minimum Gasteiger partial charge on any atom is -0.492 e. The Bertz CT molecular complexity index is 862. The van der Waals surface area contributed by atoms with E-state index in [0.717, 1.165) is 11.3 Å². The summed E-state index contributed by atoms with van der Waals surface area (Å²) in [5.74, 6) is 1.52. The van der Waals surface area contributed by atoms with Crippen molar-refractivity contribution in [1.82, 2.24) is 25.0 Å². The number of hydrogen-bond acceptors (Lipinski definition) is 4. The minimum atomic E-state index is -0.153. The van der Waals surface area contributed by atoms with Crippen molar-refractivity contribution in [1.29, 1.82) is 0 Å². The molecular formula is C20H23N5O2. The lowest BCUT2D eigenvalue weighted by Gasteiger charge is -2.18. The fourth-order valence-corrected chi connectivity index (χ4v) is 2.45. The summed E-state index contributed by atoms with van der Waals surface area (Å²) in [6.07, 6.45) is 5.23. The molecule has 27 heavy (non-hydrogen) atoms. The highest BCUT2D eigenvalue weighted by Crippen LogP contribution is 2.11. The van der Waals surface area contributed by atoms with Gasteiger partial charge in [-0.1, -0.05) is 17.7 Å². The first kappa shape index (κ1) is 18.4. The van der Waals surface area contributed by atoms with E-state index in [2.05, 4.69) is 15.4 Å². The summed E-state index contributed by atoms with van der Waals surface area (Å²) in [5, 5.41) is 7.06. The van der Waals surface area contributed by atoms with Crippen LogP contribution in [-0.2, 0) is 6.54 Å². The lowest BCUT2D eigenvalue weighted by Crippen LogP contribution is -2.39. The van der Waals surface area contributed by atoms with Gasteiger partial charge in [-0.2, -0.15) is 5.10 Å². The molecule has 0 aliphatic rings. The van der Waals surface area contributed by atoms with Crippen LogP contribution in [0.5, 0.6) is 5.75 Å². The molecule has 140 valence electrons. The summed E-state index contributed by atoms with van der Waals surface area (Å²) in [6.45, 7) is 3.38. The van der Waals surface area contributed by atoms with Crippen LogP contribution in [0.1, 0.15) is 11.1 Å². The first-order valence-electron chi connectivity index (χ1n) is 8.75. The molecule has 0 atom stereocenters. The van der Waals surface area contributed by atoms with E-state index in [1.54, 1.807) is 29.0 Å². The second-order valence-corrected chi connectivity index (χ2v) is 6.21. The fraction of sp³-hybridized carbons (Fsp3) is 0.250. The van der Waals surface area contributed by atoms with Crippen LogP contribution in [0.15, 0.2) is 61.1 Å². The van der Waals surface area contributed by atoms with Crippen molar-refractivity contribution < 1.29 is 9.53 Å². The zero-order valence-electron chi connectivity index (χ0n) is 15.5. The monoisotopic (exact) mass is 365 g/mol. The van der Waals surface area contributed by atoms with Crippen LogP contribution in [0.25, 0.3) is 5.82 Å². The summed E-state index contributed by atoms with van der Waals surface area (Å²) in [7, 11) is 1.75. The Morgan fingerprint density at radius 3 is 2.78 bits per heavy atom. The molecule has 0 fully saturated rings. The maximum atomic E-state index is 12.2. The highest BCUT2D eigenvalue weighted by Gasteiger charge is 2.09. The topological polar surface area (TPSA) is 72.3 Å². The van der Waals surface area contributed by atoms with Crippen molar-refractivity contribution in [3.8, 4) is 11.6 Å². The average Bonchev–Trinajstić information content (AvgIpc) is 3.22. The molecule has 1 N–H and O–H groups in total. The molecule has 7 heteroatoms. The van der Waals surface area contributed by atoms with Gasteiger partial charge in [0.05, 0.1) is 6.54 Å². The molecule has 0 radical (unpaired) electrons. The highest BCUT2D eigenvalue weighted by atomic mass is 16.5. The average molecular weight is 365 g/mol. The van der Waals surface area contributed by atoms with Gasteiger partial charge in [0.2, 0.25) is 0 Å². The summed E-state index contributed by atoms with van der Waals surface area (Å²) in [6, 6.07) is 13.3. The van der Waals surface area contributed by atoms with Crippen LogP contribution in [0.2, 0.25) is 0 Å². The summed E-state index contributed by atoms with van der Waals surface area (Å²) in [4.78, 5) is 18.1. The van der Waals surface area contributed by atoms with Crippen LogP contribution in [0, 0.1) is 6.92 Å². The molecule has 1 aromatic carbocycles. The van der Waals surface area contributed by atoms with Crippen molar-refractivity contribution in [2.75, 3.05) is 20.2 Å². The first-order valence-corrected chi connectivity index (χ1v) is 8.75. The van der Waals surface area contributed by atoms with Gasteiger partial charge in [-0.25, -0.2) is 14.5 Å². The Kier molecular flexibility index (Phi) is 6.04. The second-order valence-electron chi connectivity index (χ2n) is 6.21. The molecule has 3 aromatic rings. The molecule has 0 bridgehead atoms. The Morgan fingerprint density at radius 1 is 1.22 bits per heavy atom. The maximum Gasteiger partial charge on any atom is 0.317 e. The number of nitrogens with zero attached hydrogens (tertiary/aromatic N) is 4. The van der Waals surface area contributed by atoms with Crippen LogP contribution in [0.3, 0.4) is 0 Å². The number of carbonyl (C=O) groups is 1. The normalized spacial score (nSPS) is 10.4. The molecule has 2 heterocycles. The van der Waals surface area contributed by atoms with Gasteiger partial charge in [0, 0.05) is 32.2 Å². The number of likely N-dealkylation sites (N-methyl/N-ethyl adjacent to an activating group) is 1. The Morgan fingerprint density at radius 2 is 2.04 bits per heavy atom. The molecule has 3 rings (SSSR count). The summed E-state index contributed by atoms with van der Waals surface area (Å²) < 4.78 is 7.34. The number of hydrogen-bond donors (Lipinski definition) is 1. The van der Waals surface area contributed by atoms with Gasteiger partial charge in [-0.15, -0.1) is 0 Å². The SMILES string of the molecule is Cc1ccc(OCCN(C)C(=O)NCc2ccnc(-n3cccn3)c2)cc1. The smallest absolute Gasteiger partial charge is 0.317 e. The first-order chi connectivity index (χ1) is 13.1. The lowest BCUT2D eigenvalue weighted by atomic mass is 10.2. The van der Waals surface area contributed by atoms with Crippen LogP contribution < -0.4 is 10.1 Å². The number of aryl methyl sites for hydroxylation is 1. The number of nitrogens with one attached hydrogen (secondary N) is 1. The molecule has 0 aliphatic carbocycles. The number of rotatable bonds is 7. The van der Waals surface area contributed by atoms with E-state index in [-0.39, 0.29) is 6.03 Å². The standard InChI is InChI=1S/C20H23N5O2/c1-16-4-6-18(7-5-16)27-13-12-24(2)20(26)22-15-17-8-10-21-19(14-17)25-11-3-9-23-25/h3-11,14H,12-13,15H2,1-2H3,(H,22,26). The minimum absolute atomic E-state index is 0.153. The Hall–Kier alpha value is -3.35. The van der Waals surface area contributed by atoms with Gasteiger partial charge in [-0.05, 0) is 42.8 Å². The van der Waals surface area contributed by atoms with Crippen molar-refractivity contribution in [2.45, 2.75) is 13.5 Å². The van der Waals surface area contributed by atoms with Crippen LogP contribution >= 0.6 is 0 Å². The Balaban J connectivity index is 1.44. The van der Waals surface area contributed by atoms with Gasteiger partial charge in [-0.3, -0.25) is 0 Å². The van der Waals surface area contributed by atoms with Crippen molar-refractivity contribution in [3.05, 3.63) is 72.2 Å². The predicted octanol–water partition coefficient (Wildman–Crippen LogP) is 2.80. The van der Waals surface area contributed by atoms with Crippen LogP contribution in [0.4, 0.5) is 4.79 Å². The van der Waals surface area contributed by atoms with Gasteiger partial charge in [0.25, 0.3) is 0 Å². The zero-order valence-corrected chi connectivity index (χ0v) is 15.5. The van der Waals surface area contributed by atoms with Gasteiger partial charge in [0.15, 0.2) is 5.82 Å². The number of ether oxygens (including phenoxy) is 1. The number of amides is 2. The molecule has 7 nitrogen and oxygen atoms in total. The van der Waals surface area contributed by atoms with Gasteiger partial charge < -0.3 is 15.0 Å². The third-order valence-corrected chi connectivity index (χ3v) is 4.06. The Labute approximate surface area is 158 Å². The third kappa shape index (κ3) is 5.31. The van der Waals surface area contributed by atoms with E-state index in [4.69, 9.17) is 4.74 Å². The van der Waals surface area contributed by atoms with Crippen LogP contribution in [-0.4, -0.2) is 45.9 Å². The number of aromatic nitrogens is 3. The van der Waals surface area contributed by atoms with E-state index >= 15 is 0 Å². The summed E-state index contributed by atoms with van der Waals surface area (Å²) in [5.41, 5.74) is 2.14. The fourth-order valence-electron chi connectivity index (χ4n) is 2.45. The largest absolute Gasteiger partial charge is 0.492 e. The highest BCUT2D eigenvalue weighted by molar-refractivity contribution is 5.73. The van der Waals surface area contributed by atoms with E-state index in [1.165, 1.54) is 5.56 Å².